The maximum atomic E-state index is 13.5. The third kappa shape index (κ3) is 2.75. The van der Waals surface area contributed by atoms with Crippen LogP contribution in [0.25, 0.3) is 0 Å². The Morgan fingerprint density at radius 2 is 2.06 bits per heavy atom. The number of benzene rings is 1. The fourth-order valence-corrected chi connectivity index (χ4v) is 2.31. The van der Waals surface area contributed by atoms with E-state index in [1.165, 1.54) is 12.3 Å². The summed E-state index contributed by atoms with van der Waals surface area (Å²) >= 11 is 7.94. The zero-order valence-corrected chi connectivity index (χ0v) is 11.5. The van der Waals surface area contributed by atoms with Crippen molar-refractivity contribution in [1.29, 1.82) is 0 Å². The van der Waals surface area contributed by atoms with Gasteiger partial charge in [0.2, 0.25) is 0 Å². The van der Waals surface area contributed by atoms with Gasteiger partial charge in [-0.15, -0.1) is 0 Å². The maximum Gasteiger partial charge on any atom is 0.147 e. The van der Waals surface area contributed by atoms with Gasteiger partial charge in [-0.25, -0.2) is 4.39 Å². The van der Waals surface area contributed by atoms with Crippen LogP contribution in [0.5, 0.6) is 0 Å². The lowest BCUT2D eigenvalue weighted by atomic mass is 10.0. The van der Waals surface area contributed by atoms with Crippen molar-refractivity contribution in [2.75, 3.05) is 0 Å². The number of rotatable bonds is 2. The van der Waals surface area contributed by atoms with E-state index in [9.17, 15) is 9.50 Å². The van der Waals surface area contributed by atoms with Crippen LogP contribution in [0.4, 0.5) is 4.39 Å². The molecule has 1 aromatic carbocycles. The molecule has 88 valence electrons. The van der Waals surface area contributed by atoms with E-state index in [-0.39, 0.29) is 5.56 Å². The molecular weight excluding hydrogens is 355 g/mol. The third-order valence-electron chi connectivity index (χ3n) is 2.35. The second-order valence-electron chi connectivity index (χ2n) is 3.47. The van der Waals surface area contributed by atoms with Crippen molar-refractivity contribution >= 4 is 34.2 Å². The van der Waals surface area contributed by atoms with E-state index in [1.807, 2.05) is 0 Å². The first-order chi connectivity index (χ1) is 8.09. The molecule has 0 aliphatic heterocycles. The number of aliphatic hydroxyl groups is 1. The molecule has 1 N–H and O–H groups in total. The molecule has 1 heterocycles. The van der Waals surface area contributed by atoms with Crippen LogP contribution < -0.4 is 0 Å². The Balaban J connectivity index is 2.47. The Hall–Kier alpha value is -0.720. The maximum absolute atomic E-state index is 13.5. The summed E-state index contributed by atoms with van der Waals surface area (Å²) in [5, 5.41) is 10.7. The van der Waals surface area contributed by atoms with E-state index < -0.39 is 11.9 Å². The average molecular weight is 364 g/mol. The smallest absolute Gasteiger partial charge is 0.147 e. The Labute approximate surface area is 117 Å². The number of hydrogen-bond acceptors (Lipinski definition) is 2. The summed E-state index contributed by atoms with van der Waals surface area (Å²) in [5.41, 5.74) is 0.781. The molecule has 0 fully saturated rings. The molecule has 5 heteroatoms. The van der Waals surface area contributed by atoms with Gasteiger partial charge in [0, 0.05) is 20.4 Å². The van der Waals surface area contributed by atoms with Crippen LogP contribution in [0, 0.1) is 9.39 Å². The number of nitrogens with zero attached hydrogens (tertiary/aromatic N) is 1. The highest BCUT2D eigenvalue weighted by Gasteiger charge is 2.17. The standard InChI is InChI=1S/C12H8ClFINO/c13-7-1-2-11(15)9(5-7)12(17)8-3-4-16-6-10(8)14/h1-6,12,17H. The van der Waals surface area contributed by atoms with Gasteiger partial charge >= 0.3 is 0 Å². The summed E-state index contributed by atoms with van der Waals surface area (Å²) in [6.45, 7) is 0. The summed E-state index contributed by atoms with van der Waals surface area (Å²) in [6, 6.07) is 6.59. The van der Waals surface area contributed by atoms with Crippen molar-refractivity contribution in [3.8, 4) is 0 Å². The zero-order chi connectivity index (χ0) is 12.4. The van der Waals surface area contributed by atoms with Gasteiger partial charge in [-0.1, -0.05) is 11.6 Å². The first-order valence-corrected chi connectivity index (χ1v) is 6.27. The number of pyridine rings is 1. The molecule has 1 unspecified atom stereocenters. The molecule has 0 radical (unpaired) electrons. The molecule has 0 amide bonds. The lowest BCUT2D eigenvalue weighted by Gasteiger charge is -2.14. The molecule has 0 aliphatic carbocycles. The molecule has 0 bridgehead atoms. The van der Waals surface area contributed by atoms with Crippen molar-refractivity contribution in [2.24, 2.45) is 0 Å². The van der Waals surface area contributed by atoms with Gasteiger partial charge in [-0.2, -0.15) is 0 Å². The quantitative estimate of drug-likeness (QED) is 0.828. The Kier molecular flexibility index (Phi) is 3.96. The number of hydrogen-bond donors (Lipinski definition) is 1. The zero-order valence-electron chi connectivity index (χ0n) is 8.57. The molecule has 1 aromatic heterocycles. The minimum absolute atomic E-state index is 0.195. The molecule has 0 aliphatic rings. The number of aliphatic hydroxyl groups excluding tert-OH is 1. The molecule has 2 rings (SSSR count). The van der Waals surface area contributed by atoms with Gasteiger partial charge in [-0.3, -0.25) is 4.98 Å². The Morgan fingerprint density at radius 1 is 1.29 bits per heavy atom. The summed E-state index contributed by atoms with van der Waals surface area (Å²) in [7, 11) is 0. The second kappa shape index (κ2) is 5.29. The van der Waals surface area contributed by atoms with Gasteiger partial charge in [0.25, 0.3) is 0 Å². The fourth-order valence-electron chi connectivity index (χ4n) is 1.50. The van der Waals surface area contributed by atoms with Crippen LogP contribution >= 0.6 is 34.2 Å². The Morgan fingerprint density at radius 3 is 2.76 bits per heavy atom. The SMILES string of the molecule is OC(c1ccncc1F)c1cc(Cl)ccc1I. The molecule has 0 spiro atoms. The van der Waals surface area contributed by atoms with Gasteiger partial charge in [0.05, 0.1) is 6.20 Å². The van der Waals surface area contributed by atoms with Crippen molar-refractivity contribution < 1.29 is 9.50 Å². The minimum atomic E-state index is -1.04. The van der Waals surface area contributed by atoms with E-state index in [1.54, 1.807) is 18.2 Å². The van der Waals surface area contributed by atoms with Crippen molar-refractivity contribution in [1.82, 2.24) is 4.98 Å². The summed E-state index contributed by atoms with van der Waals surface area (Å²) in [6.07, 6.45) is 1.48. The van der Waals surface area contributed by atoms with Crippen molar-refractivity contribution in [2.45, 2.75) is 6.10 Å². The van der Waals surface area contributed by atoms with Gasteiger partial charge in [0.1, 0.15) is 11.9 Å². The summed E-state index contributed by atoms with van der Waals surface area (Å²) in [4.78, 5) is 3.65. The van der Waals surface area contributed by atoms with Crippen LogP contribution in [-0.2, 0) is 0 Å². The summed E-state index contributed by atoms with van der Waals surface area (Å²) < 4.78 is 14.3. The lowest BCUT2D eigenvalue weighted by molar-refractivity contribution is 0.214. The largest absolute Gasteiger partial charge is 0.384 e. The fraction of sp³-hybridized carbons (Fsp3) is 0.0833. The number of aromatic nitrogens is 1. The highest BCUT2D eigenvalue weighted by Crippen LogP contribution is 2.29. The van der Waals surface area contributed by atoms with Crippen molar-refractivity contribution in [3.05, 3.63) is 62.2 Å². The normalized spacial score (nSPS) is 12.5. The van der Waals surface area contributed by atoms with Crippen LogP contribution in [0.1, 0.15) is 17.2 Å². The first-order valence-electron chi connectivity index (χ1n) is 4.82. The second-order valence-corrected chi connectivity index (χ2v) is 5.06. The average Bonchev–Trinajstić information content (AvgIpc) is 2.32. The predicted molar refractivity (Wildman–Crippen MR) is 72.4 cm³/mol. The third-order valence-corrected chi connectivity index (χ3v) is 3.57. The van der Waals surface area contributed by atoms with Crippen molar-refractivity contribution in [3.63, 3.8) is 0 Å². The highest BCUT2D eigenvalue weighted by molar-refractivity contribution is 14.1. The predicted octanol–water partition coefficient (Wildman–Crippen LogP) is 3.56. The Bertz CT molecular complexity index is 550. The molecule has 17 heavy (non-hydrogen) atoms. The van der Waals surface area contributed by atoms with Gasteiger partial charge < -0.3 is 5.11 Å². The van der Waals surface area contributed by atoms with Crippen LogP contribution in [0.2, 0.25) is 5.02 Å². The monoisotopic (exact) mass is 363 g/mol. The molecule has 2 nitrogen and oxygen atoms in total. The van der Waals surface area contributed by atoms with E-state index in [2.05, 4.69) is 27.6 Å². The van der Waals surface area contributed by atoms with Crippen LogP contribution in [0.15, 0.2) is 36.7 Å². The lowest BCUT2D eigenvalue weighted by Crippen LogP contribution is -2.04. The number of halogens is 3. The van der Waals surface area contributed by atoms with E-state index in [4.69, 9.17) is 11.6 Å². The molecule has 2 aromatic rings. The summed E-state index contributed by atoms with van der Waals surface area (Å²) in [5.74, 6) is -0.532. The van der Waals surface area contributed by atoms with Crippen LogP contribution in [-0.4, -0.2) is 10.1 Å². The van der Waals surface area contributed by atoms with Gasteiger partial charge in [0.15, 0.2) is 0 Å². The van der Waals surface area contributed by atoms with Gasteiger partial charge in [-0.05, 0) is 52.4 Å². The molecular formula is C12H8ClFINO. The first kappa shape index (κ1) is 12.7. The van der Waals surface area contributed by atoms with E-state index in [0.29, 0.717) is 10.6 Å². The van der Waals surface area contributed by atoms with Crippen LogP contribution in [0.3, 0.4) is 0 Å². The van der Waals surface area contributed by atoms with E-state index in [0.717, 1.165) is 9.77 Å². The highest BCUT2D eigenvalue weighted by atomic mass is 127. The van der Waals surface area contributed by atoms with E-state index >= 15 is 0 Å². The topological polar surface area (TPSA) is 33.1 Å². The minimum Gasteiger partial charge on any atom is -0.384 e. The molecule has 0 saturated heterocycles. The molecule has 1 atom stereocenters. The molecule has 0 saturated carbocycles.